The van der Waals surface area contributed by atoms with Gasteiger partial charge in [-0.2, -0.15) is 5.26 Å². The molecule has 0 spiro atoms. The molecule has 0 bridgehead atoms. The SMILES string of the molecule is N#CC(NCc1ccccc1)c1c[nH]c2ccccc12. The van der Waals surface area contributed by atoms with Crippen molar-refractivity contribution in [3.05, 3.63) is 71.9 Å². The second-order valence-electron chi connectivity index (χ2n) is 4.72. The van der Waals surface area contributed by atoms with Crippen LogP contribution in [0.15, 0.2) is 60.8 Å². The average Bonchev–Trinajstić information content (AvgIpc) is 2.93. The van der Waals surface area contributed by atoms with E-state index in [0.717, 1.165) is 16.5 Å². The predicted molar refractivity (Wildman–Crippen MR) is 79.9 cm³/mol. The number of nitriles is 1. The van der Waals surface area contributed by atoms with Gasteiger partial charge >= 0.3 is 0 Å². The summed E-state index contributed by atoms with van der Waals surface area (Å²) >= 11 is 0. The first-order chi connectivity index (χ1) is 9.88. The van der Waals surface area contributed by atoms with Crippen LogP contribution in [0.25, 0.3) is 10.9 Å². The van der Waals surface area contributed by atoms with E-state index in [1.54, 1.807) is 0 Å². The number of aromatic amines is 1. The maximum Gasteiger partial charge on any atom is 0.123 e. The summed E-state index contributed by atoms with van der Waals surface area (Å²) < 4.78 is 0. The standard InChI is InChI=1S/C17H15N3/c18-10-17(19-11-13-6-2-1-3-7-13)15-12-20-16-9-5-4-8-14(15)16/h1-9,12,17,19-20H,11H2. The normalized spacial score (nSPS) is 12.2. The third kappa shape index (κ3) is 2.42. The maximum atomic E-state index is 9.41. The molecule has 3 rings (SSSR count). The molecule has 0 amide bonds. The highest BCUT2D eigenvalue weighted by Gasteiger charge is 2.14. The Labute approximate surface area is 117 Å². The zero-order chi connectivity index (χ0) is 13.8. The molecule has 0 aliphatic heterocycles. The van der Waals surface area contributed by atoms with Crippen LogP contribution in [0.2, 0.25) is 0 Å². The average molecular weight is 261 g/mol. The molecule has 1 aromatic heterocycles. The van der Waals surface area contributed by atoms with Crippen molar-refractivity contribution >= 4 is 10.9 Å². The van der Waals surface area contributed by atoms with Crippen LogP contribution < -0.4 is 5.32 Å². The molecule has 0 saturated carbocycles. The van der Waals surface area contributed by atoms with E-state index in [9.17, 15) is 5.26 Å². The summed E-state index contributed by atoms with van der Waals surface area (Å²) in [6.07, 6.45) is 1.91. The Hall–Kier alpha value is -2.57. The van der Waals surface area contributed by atoms with Crippen LogP contribution in [-0.4, -0.2) is 4.98 Å². The van der Waals surface area contributed by atoms with Crippen LogP contribution >= 0.6 is 0 Å². The Morgan fingerprint density at radius 3 is 2.60 bits per heavy atom. The summed E-state index contributed by atoms with van der Waals surface area (Å²) in [6.45, 7) is 0.679. The maximum absolute atomic E-state index is 9.41. The van der Waals surface area contributed by atoms with Crippen LogP contribution in [0.4, 0.5) is 0 Å². The van der Waals surface area contributed by atoms with Gasteiger partial charge in [-0.05, 0) is 11.6 Å². The van der Waals surface area contributed by atoms with E-state index in [2.05, 4.69) is 28.5 Å². The van der Waals surface area contributed by atoms with E-state index in [1.807, 2.05) is 48.7 Å². The van der Waals surface area contributed by atoms with Gasteiger partial charge in [-0.15, -0.1) is 0 Å². The number of aromatic nitrogens is 1. The molecule has 0 radical (unpaired) electrons. The molecule has 3 nitrogen and oxygen atoms in total. The monoisotopic (exact) mass is 261 g/mol. The molecule has 20 heavy (non-hydrogen) atoms. The molecular weight excluding hydrogens is 246 g/mol. The van der Waals surface area contributed by atoms with Crippen LogP contribution in [0, 0.1) is 11.3 Å². The van der Waals surface area contributed by atoms with Gasteiger partial charge in [-0.25, -0.2) is 0 Å². The molecular formula is C17H15N3. The lowest BCUT2D eigenvalue weighted by Crippen LogP contribution is -2.19. The van der Waals surface area contributed by atoms with E-state index < -0.39 is 0 Å². The molecule has 2 aromatic carbocycles. The Morgan fingerprint density at radius 2 is 1.80 bits per heavy atom. The van der Waals surface area contributed by atoms with Crippen molar-refractivity contribution in [1.82, 2.24) is 10.3 Å². The number of hydrogen-bond donors (Lipinski definition) is 2. The van der Waals surface area contributed by atoms with E-state index in [0.29, 0.717) is 6.54 Å². The van der Waals surface area contributed by atoms with Gasteiger partial charge in [0, 0.05) is 29.2 Å². The molecule has 98 valence electrons. The summed E-state index contributed by atoms with van der Waals surface area (Å²) in [6, 6.07) is 20.2. The number of H-pyrrole nitrogens is 1. The fourth-order valence-corrected chi connectivity index (χ4v) is 2.37. The van der Waals surface area contributed by atoms with Crippen molar-refractivity contribution in [1.29, 1.82) is 5.26 Å². The van der Waals surface area contributed by atoms with Gasteiger partial charge in [0.25, 0.3) is 0 Å². The van der Waals surface area contributed by atoms with Crippen molar-refractivity contribution in [2.45, 2.75) is 12.6 Å². The van der Waals surface area contributed by atoms with Gasteiger partial charge in [0.15, 0.2) is 0 Å². The van der Waals surface area contributed by atoms with Crippen molar-refractivity contribution < 1.29 is 0 Å². The molecule has 1 heterocycles. The van der Waals surface area contributed by atoms with Gasteiger partial charge in [0.05, 0.1) is 6.07 Å². The van der Waals surface area contributed by atoms with E-state index >= 15 is 0 Å². The minimum atomic E-state index is -0.314. The van der Waals surface area contributed by atoms with Crippen LogP contribution in [0.1, 0.15) is 17.2 Å². The third-order valence-corrected chi connectivity index (χ3v) is 3.41. The highest BCUT2D eigenvalue weighted by Crippen LogP contribution is 2.23. The Bertz CT molecular complexity index is 738. The van der Waals surface area contributed by atoms with Crippen LogP contribution in [0.3, 0.4) is 0 Å². The summed E-state index contributed by atoms with van der Waals surface area (Å²) in [4.78, 5) is 3.21. The molecule has 2 N–H and O–H groups in total. The highest BCUT2D eigenvalue weighted by atomic mass is 14.9. The third-order valence-electron chi connectivity index (χ3n) is 3.41. The van der Waals surface area contributed by atoms with Crippen LogP contribution in [0.5, 0.6) is 0 Å². The number of fused-ring (bicyclic) bond motifs is 1. The van der Waals surface area contributed by atoms with E-state index in [-0.39, 0.29) is 6.04 Å². The number of hydrogen-bond acceptors (Lipinski definition) is 2. The number of nitrogens with one attached hydrogen (secondary N) is 2. The van der Waals surface area contributed by atoms with Crippen molar-refractivity contribution in [2.24, 2.45) is 0 Å². The first-order valence-electron chi connectivity index (χ1n) is 6.61. The van der Waals surface area contributed by atoms with Gasteiger partial charge < -0.3 is 4.98 Å². The molecule has 0 aliphatic rings. The fraction of sp³-hybridized carbons (Fsp3) is 0.118. The fourth-order valence-electron chi connectivity index (χ4n) is 2.37. The minimum Gasteiger partial charge on any atom is -0.361 e. The van der Waals surface area contributed by atoms with Crippen molar-refractivity contribution in [3.8, 4) is 6.07 Å². The lowest BCUT2D eigenvalue weighted by atomic mass is 10.1. The van der Waals surface area contributed by atoms with E-state index in [4.69, 9.17) is 0 Å². The quantitative estimate of drug-likeness (QED) is 0.755. The number of para-hydroxylation sites is 1. The molecule has 1 atom stereocenters. The van der Waals surface area contributed by atoms with Gasteiger partial charge in [0.2, 0.25) is 0 Å². The Balaban J connectivity index is 1.82. The largest absolute Gasteiger partial charge is 0.361 e. The highest BCUT2D eigenvalue weighted by molar-refractivity contribution is 5.83. The minimum absolute atomic E-state index is 0.314. The number of benzene rings is 2. The van der Waals surface area contributed by atoms with E-state index in [1.165, 1.54) is 5.56 Å². The lowest BCUT2D eigenvalue weighted by Gasteiger charge is -2.11. The molecule has 0 aliphatic carbocycles. The van der Waals surface area contributed by atoms with Crippen molar-refractivity contribution in [2.75, 3.05) is 0 Å². The summed E-state index contributed by atoms with van der Waals surface area (Å²) in [7, 11) is 0. The second kappa shape index (κ2) is 5.60. The molecule has 1 unspecified atom stereocenters. The molecule has 3 aromatic rings. The lowest BCUT2D eigenvalue weighted by molar-refractivity contribution is 0.634. The van der Waals surface area contributed by atoms with Gasteiger partial charge in [-0.1, -0.05) is 48.5 Å². The Kier molecular flexibility index (Phi) is 3.49. The molecule has 0 fully saturated rings. The smallest absolute Gasteiger partial charge is 0.123 e. The zero-order valence-corrected chi connectivity index (χ0v) is 11.0. The zero-order valence-electron chi connectivity index (χ0n) is 11.0. The summed E-state index contributed by atoms with van der Waals surface area (Å²) in [5.74, 6) is 0. The van der Waals surface area contributed by atoms with Gasteiger partial charge in [-0.3, -0.25) is 5.32 Å². The summed E-state index contributed by atoms with van der Waals surface area (Å²) in [5.41, 5.74) is 3.23. The molecule has 0 saturated heterocycles. The summed E-state index contributed by atoms with van der Waals surface area (Å²) in [5, 5.41) is 13.8. The number of nitrogens with zero attached hydrogens (tertiary/aromatic N) is 1. The van der Waals surface area contributed by atoms with Crippen molar-refractivity contribution in [3.63, 3.8) is 0 Å². The Morgan fingerprint density at radius 1 is 1.05 bits per heavy atom. The van der Waals surface area contributed by atoms with Crippen LogP contribution in [-0.2, 0) is 6.54 Å². The number of rotatable bonds is 4. The predicted octanol–water partition coefficient (Wildman–Crippen LogP) is 3.52. The topological polar surface area (TPSA) is 51.6 Å². The first kappa shape index (κ1) is 12.5. The molecule has 3 heteroatoms. The first-order valence-corrected chi connectivity index (χ1v) is 6.61. The van der Waals surface area contributed by atoms with Gasteiger partial charge in [0.1, 0.15) is 6.04 Å². The second-order valence-corrected chi connectivity index (χ2v) is 4.72.